The summed E-state index contributed by atoms with van der Waals surface area (Å²) in [5.41, 5.74) is 0. The maximum Gasteiger partial charge on any atom is 0.131 e. The highest BCUT2D eigenvalue weighted by atomic mass is 32.1. The van der Waals surface area contributed by atoms with Crippen molar-refractivity contribution in [1.82, 2.24) is 20.0 Å². The number of piperidine rings is 1. The van der Waals surface area contributed by atoms with Gasteiger partial charge in [0.2, 0.25) is 0 Å². The first-order valence-electron chi connectivity index (χ1n) is 6.99. The van der Waals surface area contributed by atoms with E-state index in [2.05, 4.69) is 26.9 Å². The van der Waals surface area contributed by atoms with Crippen molar-refractivity contribution in [2.75, 3.05) is 19.6 Å². The molecule has 0 N–H and O–H groups in total. The van der Waals surface area contributed by atoms with E-state index >= 15 is 0 Å². The Bertz CT molecular complexity index is 399. The third kappa shape index (κ3) is 2.58. The Morgan fingerprint density at radius 3 is 2.78 bits per heavy atom. The molecule has 2 fully saturated rings. The van der Waals surface area contributed by atoms with E-state index in [0.717, 1.165) is 28.6 Å². The minimum atomic E-state index is 0.786. The third-order valence-electron chi connectivity index (χ3n) is 4.19. The molecule has 1 aromatic rings. The predicted octanol–water partition coefficient (Wildman–Crippen LogP) is 1.91. The summed E-state index contributed by atoms with van der Waals surface area (Å²) in [4.78, 5) is 5.21. The van der Waals surface area contributed by atoms with Crippen LogP contribution in [0.1, 0.15) is 36.2 Å². The van der Waals surface area contributed by atoms with Crippen LogP contribution < -0.4 is 0 Å². The number of rotatable bonds is 3. The lowest BCUT2D eigenvalue weighted by Gasteiger charge is -2.49. The topological polar surface area (TPSA) is 32.3 Å². The molecule has 4 nitrogen and oxygen atoms in total. The number of likely N-dealkylation sites (tertiary alicyclic amines) is 2. The minimum Gasteiger partial charge on any atom is -0.295 e. The molecular formula is C13H22N4S. The Labute approximate surface area is 113 Å². The van der Waals surface area contributed by atoms with E-state index in [1.807, 2.05) is 6.92 Å². The van der Waals surface area contributed by atoms with Crippen molar-refractivity contribution >= 4 is 11.3 Å². The largest absolute Gasteiger partial charge is 0.295 e. The maximum atomic E-state index is 4.20. The van der Waals surface area contributed by atoms with Gasteiger partial charge in [-0.1, -0.05) is 6.42 Å². The lowest BCUT2D eigenvalue weighted by Crippen LogP contribution is -2.61. The summed E-state index contributed by atoms with van der Waals surface area (Å²) in [5, 5.41) is 10.5. The van der Waals surface area contributed by atoms with Gasteiger partial charge in [-0.05, 0) is 33.2 Å². The van der Waals surface area contributed by atoms with E-state index < -0.39 is 0 Å². The van der Waals surface area contributed by atoms with E-state index in [4.69, 9.17) is 0 Å². The van der Waals surface area contributed by atoms with E-state index in [0.29, 0.717) is 0 Å². The summed E-state index contributed by atoms with van der Waals surface area (Å²) in [6, 6.07) is 1.57. The first-order chi connectivity index (χ1) is 8.72. The van der Waals surface area contributed by atoms with Crippen LogP contribution in [-0.2, 0) is 6.54 Å². The van der Waals surface area contributed by atoms with E-state index in [-0.39, 0.29) is 0 Å². The molecule has 3 rings (SSSR count). The van der Waals surface area contributed by atoms with Gasteiger partial charge < -0.3 is 0 Å². The molecule has 100 valence electrons. The zero-order valence-electron chi connectivity index (χ0n) is 11.3. The monoisotopic (exact) mass is 266 g/mol. The lowest BCUT2D eigenvalue weighted by molar-refractivity contribution is -0.00630. The molecule has 0 aliphatic carbocycles. The molecule has 0 bridgehead atoms. The Morgan fingerprint density at radius 2 is 2.11 bits per heavy atom. The van der Waals surface area contributed by atoms with E-state index in [1.54, 1.807) is 11.3 Å². The van der Waals surface area contributed by atoms with Gasteiger partial charge in [-0.3, -0.25) is 9.80 Å². The number of nitrogens with zero attached hydrogens (tertiary/aromatic N) is 4. The molecule has 1 atom stereocenters. The highest BCUT2D eigenvalue weighted by Gasteiger charge is 2.35. The van der Waals surface area contributed by atoms with Gasteiger partial charge in [0.05, 0.1) is 6.54 Å². The molecule has 0 spiro atoms. The van der Waals surface area contributed by atoms with Crippen molar-refractivity contribution in [3.05, 3.63) is 10.0 Å². The van der Waals surface area contributed by atoms with Gasteiger partial charge in [-0.15, -0.1) is 21.5 Å². The van der Waals surface area contributed by atoms with Crippen molar-refractivity contribution in [2.24, 2.45) is 0 Å². The molecule has 5 heteroatoms. The molecule has 0 saturated carbocycles. The van der Waals surface area contributed by atoms with Crippen molar-refractivity contribution in [2.45, 2.75) is 51.7 Å². The van der Waals surface area contributed by atoms with Crippen molar-refractivity contribution in [3.63, 3.8) is 0 Å². The highest BCUT2D eigenvalue weighted by Crippen LogP contribution is 2.25. The van der Waals surface area contributed by atoms with E-state index in [1.165, 1.54) is 38.9 Å². The SMILES string of the molecule is Cc1nnc(CN2CC(N3CCCCC3C)C2)s1. The van der Waals surface area contributed by atoms with Gasteiger partial charge in [-0.25, -0.2) is 0 Å². The van der Waals surface area contributed by atoms with Crippen molar-refractivity contribution < 1.29 is 0 Å². The second-order valence-electron chi connectivity index (χ2n) is 5.65. The van der Waals surface area contributed by atoms with Crippen LogP contribution in [0.4, 0.5) is 0 Å². The maximum absolute atomic E-state index is 4.20. The fraction of sp³-hybridized carbons (Fsp3) is 0.846. The molecule has 0 amide bonds. The van der Waals surface area contributed by atoms with Gasteiger partial charge in [0, 0.05) is 25.2 Å². The minimum absolute atomic E-state index is 0.786. The van der Waals surface area contributed by atoms with Gasteiger partial charge in [0.25, 0.3) is 0 Å². The van der Waals surface area contributed by atoms with Crippen LogP contribution in [-0.4, -0.2) is 51.7 Å². The normalized spacial score (nSPS) is 27.3. The molecule has 18 heavy (non-hydrogen) atoms. The van der Waals surface area contributed by atoms with Crippen LogP contribution in [0.2, 0.25) is 0 Å². The average molecular weight is 266 g/mol. The fourth-order valence-electron chi connectivity index (χ4n) is 3.14. The average Bonchev–Trinajstić information content (AvgIpc) is 2.70. The zero-order valence-corrected chi connectivity index (χ0v) is 12.1. The van der Waals surface area contributed by atoms with Crippen LogP contribution in [0.15, 0.2) is 0 Å². The van der Waals surface area contributed by atoms with Gasteiger partial charge in [0.15, 0.2) is 0 Å². The summed E-state index contributed by atoms with van der Waals surface area (Å²) in [6.45, 7) is 9.12. The zero-order chi connectivity index (χ0) is 12.5. The molecular weight excluding hydrogens is 244 g/mol. The van der Waals surface area contributed by atoms with Crippen molar-refractivity contribution in [3.8, 4) is 0 Å². The molecule has 1 aromatic heterocycles. The fourth-order valence-corrected chi connectivity index (χ4v) is 3.89. The number of hydrogen-bond acceptors (Lipinski definition) is 5. The Hall–Kier alpha value is -0.520. The lowest BCUT2D eigenvalue weighted by atomic mass is 9.97. The van der Waals surface area contributed by atoms with Crippen LogP contribution in [0.25, 0.3) is 0 Å². The molecule has 3 heterocycles. The molecule has 0 radical (unpaired) electrons. The van der Waals surface area contributed by atoms with E-state index in [9.17, 15) is 0 Å². The third-order valence-corrected chi connectivity index (χ3v) is 5.01. The first-order valence-corrected chi connectivity index (χ1v) is 7.81. The predicted molar refractivity (Wildman–Crippen MR) is 73.7 cm³/mol. The second kappa shape index (κ2) is 5.23. The Morgan fingerprint density at radius 1 is 1.28 bits per heavy atom. The first kappa shape index (κ1) is 12.5. The molecule has 1 unspecified atom stereocenters. The molecule has 0 aromatic carbocycles. The highest BCUT2D eigenvalue weighted by molar-refractivity contribution is 7.11. The van der Waals surface area contributed by atoms with Crippen LogP contribution in [0.3, 0.4) is 0 Å². The number of aryl methyl sites for hydroxylation is 1. The molecule has 2 saturated heterocycles. The second-order valence-corrected chi connectivity index (χ2v) is 6.91. The van der Waals surface area contributed by atoms with Gasteiger partial charge in [-0.2, -0.15) is 0 Å². The summed E-state index contributed by atoms with van der Waals surface area (Å²) < 4.78 is 0. The van der Waals surface area contributed by atoms with Gasteiger partial charge >= 0.3 is 0 Å². The molecule has 2 aliphatic rings. The van der Waals surface area contributed by atoms with Crippen LogP contribution >= 0.6 is 11.3 Å². The number of hydrogen-bond donors (Lipinski definition) is 0. The summed E-state index contributed by atoms with van der Waals surface area (Å²) in [7, 11) is 0. The van der Waals surface area contributed by atoms with Crippen molar-refractivity contribution in [1.29, 1.82) is 0 Å². The Kier molecular flexibility index (Phi) is 3.63. The quantitative estimate of drug-likeness (QED) is 0.836. The van der Waals surface area contributed by atoms with Crippen LogP contribution in [0.5, 0.6) is 0 Å². The Balaban J connectivity index is 1.48. The number of aromatic nitrogens is 2. The van der Waals surface area contributed by atoms with Gasteiger partial charge in [0.1, 0.15) is 10.0 Å². The summed E-state index contributed by atoms with van der Waals surface area (Å²) >= 11 is 1.73. The van der Waals surface area contributed by atoms with Crippen LogP contribution in [0, 0.1) is 6.92 Å². The molecule has 2 aliphatic heterocycles. The standard InChI is InChI=1S/C13H22N4S/c1-10-5-3-4-6-17(10)12-7-16(8-12)9-13-15-14-11(2)18-13/h10,12H,3-9H2,1-2H3. The summed E-state index contributed by atoms with van der Waals surface area (Å²) in [6.07, 6.45) is 4.18. The smallest absolute Gasteiger partial charge is 0.131 e. The summed E-state index contributed by atoms with van der Waals surface area (Å²) in [5.74, 6) is 0.